The van der Waals surface area contributed by atoms with Crippen molar-refractivity contribution in [1.82, 2.24) is 9.55 Å². The van der Waals surface area contributed by atoms with Crippen molar-refractivity contribution < 1.29 is 9.84 Å². The van der Waals surface area contributed by atoms with E-state index in [0.717, 1.165) is 5.56 Å². The second-order valence-corrected chi connectivity index (χ2v) is 3.90. The molecule has 2 aromatic rings. The molecule has 0 spiro atoms. The van der Waals surface area contributed by atoms with Crippen LogP contribution in [-0.2, 0) is 4.74 Å². The lowest BCUT2D eigenvalue weighted by Gasteiger charge is -2.20. The number of rotatable bonds is 5. The van der Waals surface area contributed by atoms with Crippen LogP contribution in [0.1, 0.15) is 11.8 Å². The zero-order valence-electron chi connectivity index (χ0n) is 10.3. The zero-order chi connectivity index (χ0) is 13.7. The number of nitrogens with zero attached hydrogens (tertiary/aromatic N) is 2. The van der Waals surface area contributed by atoms with Gasteiger partial charge in [0.1, 0.15) is 5.82 Å². The minimum absolute atomic E-state index is 0.121. The molecule has 1 heterocycles. The van der Waals surface area contributed by atoms with Crippen molar-refractivity contribution >= 4 is 5.82 Å². The summed E-state index contributed by atoms with van der Waals surface area (Å²) in [6.45, 7) is -0.00311. The summed E-state index contributed by atoms with van der Waals surface area (Å²) in [6, 6.07) is 10.8. The van der Waals surface area contributed by atoms with Crippen molar-refractivity contribution in [2.75, 3.05) is 18.9 Å². The Bertz CT molecular complexity index is 583. The Morgan fingerprint density at radius 1 is 1.32 bits per heavy atom. The molecule has 0 bridgehead atoms. The molecule has 0 amide bonds. The van der Waals surface area contributed by atoms with E-state index in [4.69, 9.17) is 15.6 Å². The van der Waals surface area contributed by atoms with Gasteiger partial charge in [0, 0.05) is 11.8 Å². The first-order valence-corrected chi connectivity index (χ1v) is 5.84. The van der Waals surface area contributed by atoms with E-state index in [2.05, 4.69) is 4.98 Å². The maximum atomic E-state index is 11.8. The second-order valence-electron chi connectivity index (χ2n) is 3.90. The van der Waals surface area contributed by atoms with Gasteiger partial charge in [0.15, 0.2) is 6.23 Å². The molecule has 6 heteroatoms. The molecule has 1 atom stereocenters. The highest BCUT2D eigenvalue weighted by molar-refractivity contribution is 5.25. The molecule has 0 radical (unpaired) electrons. The van der Waals surface area contributed by atoms with Crippen LogP contribution in [0.2, 0.25) is 0 Å². The average Bonchev–Trinajstić information content (AvgIpc) is 2.42. The van der Waals surface area contributed by atoms with Crippen molar-refractivity contribution in [3.63, 3.8) is 0 Å². The van der Waals surface area contributed by atoms with E-state index in [-0.39, 0.29) is 19.0 Å². The van der Waals surface area contributed by atoms with Gasteiger partial charge in [-0.1, -0.05) is 30.3 Å². The molecular formula is C13H15N3O3. The van der Waals surface area contributed by atoms with E-state index in [9.17, 15) is 4.79 Å². The average molecular weight is 261 g/mol. The summed E-state index contributed by atoms with van der Waals surface area (Å²) in [5.41, 5.74) is 5.76. The van der Waals surface area contributed by atoms with Gasteiger partial charge in [0.05, 0.1) is 13.2 Å². The van der Waals surface area contributed by atoms with Gasteiger partial charge in [0.2, 0.25) is 0 Å². The minimum atomic E-state index is -0.631. The van der Waals surface area contributed by atoms with E-state index in [1.807, 2.05) is 30.3 Å². The number of nitrogens with two attached hydrogens (primary N) is 1. The Labute approximate surface area is 110 Å². The standard InChI is InChI=1S/C13H15N3O3/c14-11-6-7-16(13(18)15-11)12(19-9-8-17)10-4-2-1-3-5-10/h1-7,12,17H,8-9H2,(H2,14,15,18). The second kappa shape index (κ2) is 6.12. The van der Waals surface area contributed by atoms with Crippen LogP contribution in [0, 0.1) is 0 Å². The van der Waals surface area contributed by atoms with Crippen LogP contribution < -0.4 is 11.4 Å². The Kier molecular flexibility index (Phi) is 4.27. The largest absolute Gasteiger partial charge is 0.394 e. The lowest BCUT2D eigenvalue weighted by atomic mass is 10.2. The zero-order valence-corrected chi connectivity index (χ0v) is 10.3. The van der Waals surface area contributed by atoms with Crippen molar-refractivity contribution in [2.45, 2.75) is 6.23 Å². The van der Waals surface area contributed by atoms with Gasteiger partial charge in [-0.15, -0.1) is 0 Å². The lowest BCUT2D eigenvalue weighted by molar-refractivity contribution is 0.00807. The van der Waals surface area contributed by atoms with Crippen LogP contribution in [0.3, 0.4) is 0 Å². The molecular weight excluding hydrogens is 246 g/mol. The van der Waals surface area contributed by atoms with Crippen molar-refractivity contribution in [2.24, 2.45) is 0 Å². The molecule has 0 saturated carbocycles. The fourth-order valence-electron chi connectivity index (χ4n) is 1.72. The van der Waals surface area contributed by atoms with Crippen LogP contribution in [0.15, 0.2) is 47.4 Å². The fraction of sp³-hybridized carbons (Fsp3) is 0.231. The predicted molar refractivity (Wildman–Crippen MR) is 70.5 cm³/mol. The lowest BCUT2D eigenvalue weighted by Crippen LogP contribution is -2.29. The molecule has 19 heavy (non-hydrogen) atoms. The van der Waals surface area contributed by atoms with Crippen molar-refractivity contribution in [1.29, 1.82) is 0 Å². The van der Waals surface area contributed by atoms with E-state index in [1.54, 1.807) is 0 Å². The molecule has 0 aliphatic rings. The number of aromatic nitrogens is 2. The molecule has 1 aromatic carbocycles. The van der Waals surface area contributed by atoms with Gasteiger partial charge in [-0.05, 0) is 6.07 Å². The number of nitrogen functional groups attached to an aromatic ring is 1. The molecule has 2 rings (SSSR count). The molecule has 0 fully saturated rings. The molecule has 0 saturated heterocycles. The summed E-state index contributed by atoms with van der Waals surface area (Å²) >= 11 is 0. The summed E-state index contributed by atoms with van der Waals surface area (Å²) < 4.78 is 6.85. The third-order valence-corrected chi connectivity index (χ3v) is 2.56. The van der Waals surface area contributed by atoms with E-state index in [1.165, 1.54) is 16.8 Å². The summed E-state index contributed by atoms with van der Waals surface area (Å²) in [4.78, 5) is 15.5. The smallest absolute Gasteiger partial charge is 0.351 e. The number of ether oxygens (including phenoxy) is 1. The first-order chi connectivity index (χ1) is 9.22. The number of anilines is 1. The minimum Gasteiger partial charge on any atom is -0.394 e. The number of aliphatic hydroxyl groups excluding tert-OH is 1. The molecule has 1 aromatic heterocycles. The number of hydrogen-bond acceptors (Lipinski definition) is 5. The number of aliphatic hydroxyl groups is 1. The summed E-state index contributed by atoms with van der Waals surface area (Å²) in [5, 5.41) is 8.87. The van der Waals surface area contributed by atoms with Crippen molar-refractivity contribution in [3.8, 4) is 0 Å². The highest BCUT2D eigenvalue weighted by atomic mass is 16.5. The number of hydrogen-bond donors (Lipinski definition) is 2. The van der Waals surface area contributed by atoms with E-state index < -0.39 is 11.9 Å². The first-order valence-electron chi connectivity index (χ1n) is 5.84. The monoisotopic (exact) mass is 261 g/mol. The number of benzene rings is 1. The summed E-state index contributed by atoms with van der Waals surface area (Å²) in [7, 11) is 0. The van der Waals surface area contributed by atoms with Crippen LogP contribution in [0.5, 0.6) is 0 Å². The van der Waals surface area contributed by atoms with Crippen LogP contribution in [0.4, 0.5) is 5.82 Å². The SMILES string of the molecule is Nc1ccn(C(OCCO)c2ccccc2)c(=O)n1. The molecule has 6 nitrogen and oxygen atoms in total. The molecule has 0 aliphatic heterocycles. The Hall–Kier alpha value is -2.18. The van der Waals surface area contributed by atoms with Gasteiger partial charge in [0.25, 0.3) is 0 Å². The third kappa shape index (κ3) is 3.18. The normalized spacial score (nSPS) is 12.3. The Balaban J connectivity index is 2.40. The van der Waals surface area contributed by atoms with Crippen LogP contribution in [0.25, 0.3) is 0 Å². The molecule has 1 unspecified atom stereocenters. The van der Waals surface area contributed by atoms with E-state index >= 15 is 0 Å². The van der Waals surface area contributed by atoms with Crippen LogP contribution >= 0.6 is 0 Å². The van der Waals surface area contributed by atoms with Crippen molar-refractivity contribution in [3.05, 3.63) is 58.6 Å². The molecule has 100 valence electrons. The summed E-state index contributed by atoms with van der Waals surface area (Å²) in [6.07, 6.45) is 0.897. The van der Waals surface area contributed by atoms with Gasteiger partial charge in [-0.3, -0.25) is 4.57 Å². The van der Waals surface area contributed by atoms with Crippen LogP contribution in [-0.4, -0.2) is 27.9 Å². The molecule has 0 aliphatic carbocycles. The van der Waals surface area contributed by atoms with Gasteiger partial charge in [-0.25, -0.2) is 4.79 Å². The van der Waals surface area contributed by atoms with Gasteiger partial charge in [-0.2, -0.15) is 4.98 Å². The van der Waals surface area contributed by atoms with Gasteiger partial charge >= 0.3 is 5.69 Å². The fourth-order valence-corrected chi connectivity index (χ4v) is 1.72. The predicted octanol–water partition coefficient (Wildman–Crippen LogP) is 0.381. The maximum absolute atomic E-state index is 11.8. The Morgan fingerprint density at radius 2 is 2.05 bits per heavy atom. The van der Waals surface area contributed by atoms with E-state index in [0.29, 0.717) is 0 Å². The third-order valence-electron chi connectivity index (χ3n) is 2.56. The first kappa shape index (κ1) is 13.3. The Morgan fingerprint density at radius 3 is 2.68 bits per heavy atom. The topological polar surface area (TPSA) is 90.4 Å². The maximum Gasteiger partial charge on any atom is 0.351 e. The summed E-state index contributed by atoms with van der Waals surface area (Å²) in [5.74, 6) is 0.162. The molecule has 3 N–H and O–H groups in total. The highest BCUT2D eigenvalue weighted by Crippen LogP contribution is 2.17. The highest BCUT2D eigenvalue weighted by Gasteiger charge is 2.15. The quantitative estimate of drug-likeness (QED) is 0.812. The van der Waals surface area contributed by atoms with Gasteiger partial charge < -0.3 is 15.6 Å².